The molecule has 1 saturated heterocycles. The van der Waals surface area contributed by atoms with Crippen molar-refractivity contribution in [2.45, 2.75) is 46.2 Å². The summed E-state index contributed by atoms with van der Waals surface area (Å²) in [4.78, 5) is 0. The molecule has 0 saturated carbocycles. The normalized spacial score (nSPS) is 24.8. The van der Waals surface area contributed by atoms with Crippen molar-refractivity contribution in [1.29, 1.82) is 0 Å². The molecule has 2 rings (SSSR count). The van der Waals surface area contributed by atoms with Crippen LogP contribution >= 0.6 is 11.8 Å². The van der Waals surface area contributed by atoms with Gasteiger partial charge in [0.15, 0.2) is 0 Å². The number of aryl methyl sites for hydroxylation is 1. The van der Waals surface area contributed by atoms with Gasteiger partial charge in [0, 0.05) is 17.8 Å². The summed E-state index contributed by atoms with van der Waals surface area (Å²) in [6.07, 6.45) is 1.32. The summed E-state index contributed by atoms with van der Waals surface area (Å²) >= 11 is 2.08. The molecule has 0 aromatic heterocycles. The standard InChI is InChI=1S/C16H25NS/c1-12-7-5-6-8-14(12)13(2)17-15-11-18-10-9-16(15,3)4/h5-8,13,15,17H,9-11H2,1-4H3/t13-,15?/m1/s1. The van der Waals surface area contributed by atoms with Gasteiger partial charge in [-0.3, -0.25) is 0 Å². The summed E-state index contributed by atoms with van der Waals surface area (Å²) < 4.78 is 0. The molecule has 2 atom stereocenters. The first kappa shape index (κ1) is 14.0. The molecule has 1 unspecified atom stereocenters. The summed E-state index contributed by atoms with van der Waals surface area (Å²) in [6.45, 7) is 9.29. The van der Waals surface area contributed by atoms with Gasteiger partial charge in [-0.2, -0.15) is 11.8 Å². The van der Waals surface area contributed by atoms with E-state index in [-0.39, 0.29) is 0 Å². The lowest BCUT2D eigenvalue weighted by molar-refractivity contribution is 0.232. The summed E-state index contributed by atoms with van der Waals surface area (Å²) in [5.74, 6) is 2.55. The zero-order chi connectivity index (χ0) is 13.2. The van der Waals surface area contributed by atoms with Crippen LogP contribution in [-0.4, -0.2) is 17.5 Å². The molecule has 1 N–H and O–H groups in total. The van der Waals surface area contributed by atoms with E-state index < -0.39 is 0 Å². The summed E-state index contributed by atoms with van der Waals surface area (Å²) in [6, 6.07) is 9.76. The third-order valence-electron chi connectivity index (χ3n) is 4.22. The Hall–Kier alpha value is -0.470. The molecule has 0 bridgehead atoms. The van der Waals surface area contributed by atoms with Crippen molar-refractivity contribution in [3.05, 3.63) is 35.4 Å². The van der Waals surface area contributed by atoms with Gasteiger partial charge in [-0.05, 0) is 42.6 Å². The fraction of sp³-hybridized carbons (Fsp3) is 0.625. The van der Waals surface area contributed by atoms with E-state index in [0.29, 0.717) is 17.5 Å². The predicted octanol–water partition coefficient (Wildman–Crippen LogP) is 4.18. The number of rotatable bonds is 3. The van der Waals surface area contributed by atoms with E-state index in [1.54, 1.807) is 0 Å². The van der Waals surface area contributed by atoms with Gasteiger partial charge in [-0.25, -0.2) is 0 Å². The van der Waals surface area contributed by atoms with E-state index in [2.05, 4.69) is 69.0 Å². The van der Waals surface area contributed by atoms with Crippen molar-refractivity contribution in [2.24, 2.45) is 5.41 Å². The average Bonchev–Trinajstić information content (AvgIpc) is 2.32. The van der Waals surface area contributed by atoms with Gasteiger partial charge < -0.3 is 5.32 Å². The van der Waals surface area contributed by atoms with Crippen molar-refractivity contribution < 1.29 is 0 Å². The molecule has 1 aromatic rings. The van der Waals surface area contributed by atoms with Gasteiger partial charge in [0.2, 0.25) is 0 Å². The predicted molar refractivity (Wildman–Crippen MR) is 82.2 cm³/mol. The Morgan fingerprint density at radius 2 is 2.06 bits per heavy atom. The van der Waals surface area contributed by atoms with Crippen molar-refractivity contribution in [3.8, 4) is 0 Å². The Kier molecular flexibility index (Phi) is 4.39. The lowest BCUT2D eigenvalue weighted by atomic mass is 9.81. The SMILES string of the molecule is Cc1ccccc1[C@@H](C)NC1CSCCC1(C)C. The minimum absolute atomic E-state index is 0.419. The van der Waals surface area contributed by atoms with Crippen LogP contribution in [0.15, 0.2) is 24.3 Å². The second kappa shape index (κ2) is 5.66. The maximum Gasteiger partial charge on any atom is 0.0297 e. The minimum atomic E-state index is 0.419. The first-order chi connectivity index (χ1) is 8.50. The molecule has 100 valence electrons. The van der Waals surface area contributed by atoms with E-state index in [4.69, 9.17) is 0 Å². The van der Waals surface area contributed by atoms with E-state index >= 15 is 0 Å². The third-order valence-corrected chi connectivity index (χ3v) is 5.29. The highest BCUT2D eigenvalue weighted by Gasteiger charge is 2.33. The second-order valence-electron chi connectivity index (χ2n) is 6.11. The van der Waals surface area contributed by atoms with Gasteiger partial charge in [0.1, 0.15) is 0 Å². The monoisotopic (exact) mass is 263 g/mol. The molecule has 2 heteroatoms. The largest absolute Gasteiger partial charge is 0.306 e. The molecule has 1 heterocycles. The fourth-order valence-corrected chi connectivity index (χ4v) is 4.29. The van der Waals surface area contributed by atoms with Gasteiger partial charge in [0.25, 0.3) is 0 Å². The zero-order valence-electron chi connectivity index (χ0n) is 12.0. The Balaban J connectivity index is 2.07. The van der Waals surface area contributed by atoms with Crippen molar-refractivity contribution in [1.82, 2.24) is 5.32 Å². The van der Waals surface area contributed by atoms with Crippen molar-refractivity contribution in [3.63, 3.8) is 0 Å². The van der Waals surface area contributed by atoms with Crippen LogP contribution in [0.5, 0.6) is 0 Å². The number of thioether (sulfide) groups is 1. The van der Waals surface area contributed by atoms with E-state index in [1.807, 2.05) is 0 Å². The van der Waals surface area contributed by atoms with Crippen LogP contribution in [0.4, 0.5) is 0 Å². The minimum Gasteiger partial charge on any atom is -0.306 e. The summed E-state index contributed by atoms with van der Waals surface area (Å²) in [5, 5.41) is 3.85. The molecule has 0 amide bonds. The molecule has 18 heavy (non-hydrogen) atoms. The maximum atomic E-state index is 3.85. The molecular formula is C16H25NS. The molecule has 1 fully saturated rings. The highest BCUT2D eigenvalue weighted by atomic mass is 32.2. The van der Waals surface area contributed by atoms with Crippen LogP contribution in [-0.2, 0) is 0 Å². The molecule has 1 aliphatic rings. The summed E-state index contributed by atoms with van der Waals surface area (Å²) in [5.41, 5.74) is 3.24. The van der Waals surface area contributed by atoms with E-state index in [1.165, 1.54) is 29.1 Å². The molecule has 1 aromatic carbocycles. The Bertz CT molecular complexity index is 400. The highest BCUT2D eigenvalue weighted by molar-refractivity contribution is 7.99. The van der Waals surface area contributed by atoms with Crippen molar-refractivity contribution in [2.75, 3.05) is 11.5 Å². The Morgan fingerprint density at radius 1 is 1.33 bits per heavy atom. The van der Waals surface area contributed by atoms with Crippen LogP contribution in [0.2, 0.25) is 0 Å². The first-order valence-corrected chi connectivity index (χ1v) is 8.05. The van der Waals surface area contributed by atoms with Gasteiger partial charge in [-0.15, -0.1) is 0 Å². The maximum absolute atomic E-state index is 3.85. The number of nitrogens with one attached hydrogen (secondary N) is 1. The lowest BCUT2D eigenvalue weighted by Crippen LogP contribution is -2.47. The lowest BCUT2D eigenvalue weighted by Gasteiger charge is -2.40. The second-order valence-corrected chi connectivity index (χ2v) is 7.26. The molecule has 0 radical (unpaired) electrons. The molecule has 1 aliphatic heterocycles. The average molecular weight is 263 g/mol. The van der Waals surface area contributed by atoms with Crippen LogP contribution < -0.4 is 5.32 Å². The molecule has 0 aliphatic carbocycles. The van der Waals surface area contributed by atoms with Crippen LogP contribution in [0.25, 0.3) is 0 Å². The fourth-order valence-electron chi connectivity index (χ4n) is 2.67. The number of hydrogen-bond acceptors (Lipinski definition) is 2. The van der Waals surface area contributed by atoms with E-state index in [0.717, 1.165) is 0 Å². The Morgan fingerprint density at radius 3 is 2.72 bits per heavy atom. The zero-order valence-corrected chi connectivity index (χ0v) is 12.8. The molecule has 1 nitrogen and oxygen atoms in total. The smallest absolute Gasteiger partial charge is 0.0297 e. The topological polar surface area (TPSA) is 12.0 Å². The van der Waals surface area contributed by atoms with Gasteiger partial charge in [-0.1, -0.05) is 38.1 Å². The van der Waals surface area contributed by atoms with Crippen LogP contribution in [0.1, 0.15) is 44.4 Å². The van der Waals surface area contributed by atoms with E-state index in [9.17, 15) is 0 Å². The highest BCUT2D eigenvalue weighted by Crippen LogP contribution is 2.35. The number of benzene rings is 1. The van der Waals surface area contributed by atoms with Crippen LogP contribution in [0, 0.1) is 12.3 Å². The first-order valence-electron chi connectivity index (χ1n) is 6.90. The van der Waals surface area contributed by atoms with Crippen LogP contribution in [0.3, 0.4) is 0 Å². The molecular weight excluding hydrogens is 238 g/mol. The quantitative estimate of drug-likeness (QED) is 0.878. The third kappa shape index (κ3) is 3.10. The Labute approximate surface area is 116 Å². The van der Waals surface area contributed by atoms with Gasteiger partial charge >= 0.3 is 0 Å². The number of hydrogen-bond donors (Lipinski definition) is 1. The van der Waals surface area contributed by atoms with Crippen molar-refractivity contribution >= 4 is 11.8 Å². The molecule has 0 spiro atoms. The summed E-state index contributed by atoms with van der Waals surface area (Å²) in [7, 11) is 0. The van der Waals surface area contributed by atoms with Gasteiger partial charge in [0.05, 0.1) is 0 Å².